The van der Waals surface area contributed by atoms with Crippen LogP contribution in [0, 0.1) is 6.92 Å². The number of benzene rings is 2. The van der Waals surface area contributed by atoms with Gasteiger partial charge in [-0.3, -0.25) is 4.79 Å². The molecule has 0 saturated carbocycles. The maximum Gasteiger partial charge on any atom is 0.263 e. The molecule has 2 aromatic carbocycles. The molecule has 1 amide bonds. The quantitative estimate of drug-likeness (QED) is 0.582. The van der Waals surface area contributed by atoms with Crippen LogP contribution in [-0.4, -0.2) is 42.0 Å². The van der Waals surface area contributed by atoms with E-state index in [9.17, 15) is 4.79 Å². The minimum absolute atomic E-state index is 0.00297. The Balaban J connectivity index is 1.35. The summed E-state index contributed by atoms with van der Waals surface area (Å²) in [5.74, 6) is 0.00297. The highest BCUT2D eigenvalue weighted by atomic mass is 32.1. The Morgan fingerprint density at radius 1 is 1.11 bits per heavy atom. The molecule has 2 heterocycles. The number of amides is 1. The largest absolute Gasteiger partial charge is 0.351 e. The number of hydrogen-bond donors (Lipinski definition) is 1. The fourth-order valence-corrected chi connectivity index (χ4v) is 4.78. The molecule has 4 nitrogen and oxygen atoms in total. The summed E-state index contributed by atoms with van der Waals surface area (Å²) in [6.45, 7) is 6.29. The molecule has 4 rings (SSSR count). The van der Waals surface area contributed by atoms with Gasteiger partial charge in [0.05, 0.1) is 5.69 Å². The van der Waals surface area contributed by atoms with Crippen molar-refractivity contribution in [2.45, 2.75) is 32.6 Å². The van der Waals surface area contributed by atoms with Crippen molar-refractivity contribution in [1.29, 1.82) is 0 Å². The zero-order chi connectivity index (χ0) is 19.3. The van der Waals surface area contributed by atoms with E-state index < -0.39 is 0 Å². The topological polar surface area (TPSA) is 45.2 Å². The summed E-state index contributed by atoms with van der Waals surface area (Å²) in [6.07, 6.45) is 4.84. The molecule has 0 radical (unpaired) electrons. The summed E-state index contributed by atoms with van der Waals surface area (Å²) in [5.41, 5.74) is 1.87. The van der Waals surface area contributed by atoms with Crippen molar-refractivity contribution >= 4 is 28.0 Å². The van der Waals surface area contributed by atoms with E-state index >= 15 is 0 Å². The average molecular weight is 394 g/mol. The van der Waals surface area contributed by atoms with Gasteiger partial charge < -0.3 is 10.2 Å². The zero-order valence-corrected chi connectivity index (χ0v) is 17.2. The first-order valence-electron chi connectivity index (χ1n) is 10.2. The second-order valence-corrected chi connectivity index (χ2v) is 8.51. The molecule has 0 unspecified atom stereocenters. The number of thiazole rings is 1. The van der Waals surface area contributed by atoms with Crippen LogP contribution in [0.5, 0.6) is 0 Å². The van der Waals surface area contributed by atoms with Gasteiger partial charge in [-0.25, -0.2) is 4.98 Å². The first-order valence-corrected chi connectivity index (χ1v) is 11.0. The maximum atomic E-state index is 12.6. The Hall–Kier alpha value is -2.24. The van der Waals surface area contributed by atoms with Crippen LogP contribution in [0.15, 0.2) is 42.5 Å². The molecule has 1 saturated heterocycles. The van der Waals surface area contributed by atoms with Crippen LogP contribution >= 0.6 is 11.3 Å². The van der Waals surface area contributed by atoms with Crippen LogP contribution in [0.2, 0.25) is 0 Å². The van der Waals surface area contributed by atoms with Crippen LogP contribution in [0.3, 0.4) is 0 Å². The van der Waals surface area contributed by atoms with Crippen molar-refractivity contribution in [3.8, 4) is 10.6 Å². The first kappa shape index (κ1) is 19.1. The van der Waals surface area contributed by atoms with E-state index in [2.05, 4.69) is 45.5 Å². The lowest BCUT2D eigenvalue weighted by molar-refractivity contribution is 0.0956. The molecule has 1 N–H and O–H groups in total. The molecule has 1 aliphatic heterocycles. The third-order valence-corrected chi connectivity index (χ3v) is 6.59. The lowest BCUT2D eigenvalue weighted by atomic mass is 10.1. The van der Waals surface area contributed by atoms with E-state index in [0.29, 0.717) is 0 Å². The number of nitrogens with one attached hydrogen (secondary N) is 1. The highest BCUT2D eigenvalue weighted by molar-refractivity contribution is 7.17. The summed E-state index contributed by atoms with van der Waals surface area (Å²) >= 11 is 1.48. The van der Waals surface area contributed by atoms with Crippen LogP contribution in [0.25, 0.3) is 21.3 Å². The third-order valence-electron chi connectivity index (χ3n) is 5.38. The van der Waals surface area contributed by atoms with Crippen molar-refractivity contribution in [3.63, 3.8) is 0 Å². The number of carbonyl (C=O) groups excluding carboxylic acids is 1. The number of unbranched alkanes of at least 4 members (excludes halogenated alkanes) is 1. The number of likely N-dealkylation sites (tertiary alicyclic amines) is 1. The summed E-state index contributed by atoms with van der Waals surface area (Å²) in [4.78, 5) is 20.5. The van der Waals surface area contributed by atoms with Crippen LogP contribution in [0.4, 0.5) is 0 Å². The van der Waals surface area contributed by atoms with Gasteiger partial charge in [-0.05, 0) is 69.1 Å². The van der Waals surface area contributed by atoms with E-state index in [1.807, 2.05) is 19.1 Å². The Labute approximate surface area is 170 Å². The van der Waals surface area contributed by atoms with Crippen LogP contribution < -0.4 is 5.32 Å². The number of aromatic nitrogens is 1. The number of hydrogen-bond acceptors (Lipinski definition) is 4. The maximum absolute atomic E-state index is 12.6. The lowest BCUT2D eigenvalue weighted by Gasteiger charge is -2.13. The molecule has 0 aliphatic carbocycles. The number of fused-ring (bicyclic) bond motifs is 1. The fraction of sp³-hybridized carbons (Fsp3) is 0.391. The van der Waals surface area contributed by atoms with Gasteiger partial charge >= 0.3 is 0 Å². The van der Waals surface area contributed by atoms with Gasteiger partial charge in [0.2, 0.25) is 0 Å². The Morgan fingerprint density at radius 3 is 2.71 bits per heavy atom. The number of rotatable bonds is 7. The Morgan fingerprint density at radius 2 is 1.89 bits per heavy atom. The van der Waals surface area contributed by atoms with Gasteiger partial charge in [-0.2, -0.15) is 0 Å². The highest BCUT2D eigenvalue weighted by Crippen LogP contribution is 2.30. The molecule has 28 heavy (non-hydrogen) atoms. The third kappa shape index (κ3) is 4.42. The van der Waals surface area contributed by atoms with E-state index in [4.69, 9.17) is 0 Å². The van der Waals surface area contributed by atoms with Crippen molar-refractivity contribution in [2.24, 2.45) is 0 Å². The smallest absolute Gasteiger partial charge is 0.263 e. The van der Waals surface area contributed by atoms with Crippen LogP contribution in [0.1, 0.15) is 41.0 Å². The molecular weight excluding hydrogens is 366 g/mol. The van der Waals surface area contributed by atoms with E-state index in [1.165, 1.54) is 48.0 Å². The normalized spacial score (nSPS) is 14.6. The zero-order valence-electron chi connectivity index (χ0n) is 16.4. The number of carbonyl (C=O) groups is 1. The average Bonchev–Trinajstić information content (AvgIpc) is 3.37. The minimum Gasteiger partial charge on any atom is -0.351 e. The molecular formula is C23H27N3OS. The number of aryl methyl sites for hydroxylation is 1. The molecule has 0 atom stereocenters. The lowest BCUT2D eigenvalue weighted by Crippen LogP contribution is -2.26. The van der Waals surface area contributed by atoms with Gasteiger partial charge in [0.1, 0.15) is 9.88 Å². The van der Waals surface area contributed by atoms with Crippen molar-refractivity contribution in [3.05, 3.63) is 53.0 Å². The fourth-order valence-electron chi connectivity index (χ4n) is 3.80. The highest BCUT2D eigenvalue weighted by Gasteiger charge is 2.16. The van der Waals surface area contributed by atoms with E-state index in [-0.39, 0.29) is 5.91 Å². The van der Waals surface area contributed by atoms with Crippen LogP contribution in [-0.2, 0) is 0 Å². The predicted molar refractivity (Wildman–Crippen MR) is 117 cm³/mol. The molecule has 3 aromatic rings. The van der Waals surface area contributed by atoms with Crippen molar-refractivity contribution < 1.29 is 4.79 Å². The monoisotopic (exact) mass is 393 g/mol. The van der Waals surface area contributed by atoms with Crippen molar-refractivity contribution in [2.75, 3.05) is 26.2 Å². The predicted octanol–water partition coefficient (Wildman–Crippen LogP) is 4.88. The molecule has 1 aliphatic rings. The minimum atomic E-state index is 0.00297. The Bertz CT molecular complexity index is 959. The number of nitrogens with zero attached hydrogens (tertiary/aromatic N) is 2. The van der Waals surface area contributed by atoms with Gasteiger partial charge in [0.25, 0.3) is 5.91 Å². The van der Waals surface area contributed by atoms with Gasteiger partial charge in [0, 0.05) is 12.1 Å². The van der Waals surface area contributed by atoms with E-state index in [0.717, 1.165) is 47.1 Å². The van der Waals surface area contributed by atoms with Gasteiger partial charge in [0.15, 0.2) is 0 Å². The second-order valence-electron chi connectivity index (χ2n) is 7.51. The van der Waals surface area contributed by atoms with Gasteiger partial charge in [-0.15, -0.1) is 11.3 Å². The van der Waals surface area contributed by atoms with E-state index in [1.54, 1.807) is 0 Å². The second kappa shape index (κ2) is 8.84. The van der Waals surface area contributed by atoms with Gasteiger partial charge in [-0.1, -0.05) is 36.4 Å². The summed E-state index contributed by atoms with van der Waals surface area (Å²) in [6, 6.07) is 14.6. The standard InChI is InChI=1S/C23H27N3OS/c1-17-21(22(27)24-12-4-5-13-26-14-6-7-15-26)28-23(25-17)20-11-10-18-8-2-3-9-19(18)16-20/h2-3,8-11,16H,4-7,12-15H2,1H3,(H,24,27). The van der Waals surface area contributed by atoms with Crippen molar-refractivity contribution in [1.82, 2.24) is 15.2 Å². The molecule has 5 heteroatoms. The summed E-state index contributed by atoms with van der Waals surface area (Å²) in [5, 5.41) is 6.38. The summed E-state index contributed by atoms with van der Waals surface area (Å²) < 4.78 is 0. The molecule has 146 valence electrons. The molecule has 1 aromatic heterocycles. The summed E-state index contributed by atoms with van der Waals surface area (Å²) in [7, 11) is 0. The SMILES string of the molecule is Cc1nc(-c2ccc3ccccc3c2)sc1C(=O)NCCCCN1CCCC1. The Kier molecular flexibility index (Phi) is 6.03. The molecule has 0 bridgehead atoms. The molecule has 0 spiro atoms. The molecule has 1 fully saturated rings. The first-order chi connectivity index (χ1) is 13.7.